The van der Waals surface area contributed by atoms with Gasteiger partial charge in [0.1, 0.15) is 6.10 Å². The molecule has 1 unspecified atom stereocenters. The van der Waals surface area contributed by atoms with E-state index in [4.69, 9.17) is 0 Å². The Bertz CT molecular complexity index is 628. The number of alkyl halides is 3. The Hall–Kier alpha value is -1.40. The third-order valence-corrected chi connectivity index (χ3v) is 4.19. The second-order valence-corrected chi connectivity index (χ2v) is 6.87. The van der Waals surface area contributed by atoms with Crippen LogP contribution in [0, 0.1) is 0 Å². The van der Waals surface area contributed by atoms with Gasteiger partial charge in [-0.3, -0.25) is 0 Å². The van der Waals surface area contributed by atoms with E-state index >= 15 is 0 Å². The van der Waals surface area contributed by atoms with Crippen LogP contribution in [-0.4, -0.2) is 10.1 Å². The van der Waals surface area contributed by atoms with Gasteiger partial charge in [0, 0.05) is 6.20 Å². The Balaban J connectivity index is 2.42. The van der Waals surface area contributed by atoms with Crippen LogP contribution in [0.2, 0.25) is 0 Å². The zero-order valence-corrected chi connectivity index (χ0v) is 12.7. The summed E-state index contributed by atoms with van der Waals surface area (Å²) in [4.78, 5) is 3.55. The highest BCUT2D eigenvalue weighted by atomic mass is 32.1. The lowest BCUT2D eigenvalue weighted by Gasteiger charge is -2.24. The molecule has 2 aromatic rings. The number of rotatable bonds is 2. The minimum atomic E-state index is -4.48. The van der Waals surface area contributed by atoms with Gasteiger partial charge in [0.15, 0.2) is 5.01 Å². The standard InChI is InChI=1S/C15H16F3NOS/c1-14(2,3)10-7-5-4-6-9(10)12(20)11-8-19-13(21-11)15(16,17)18/h4-8,12,20H,1-3H3. The Labute approximate surface area is 125 Å². The van der Waals surface area contributed by atoms with Crippen molar-refractivity contribution in [1.82, 2.24) is 4.98 Å². The molecule has 1 N–H and O–H groups in total. The fourth-order valence-corrected chi connectivity index (χ4v) is 2.90. The van der Waals surface area contributed by atoms with Crippen LogP contribution in [0.4, 0.5) is 13.2 Å². The summed E-state index contributed by atoms with van der Waals surface area (Å²) in [6.45, 7) is 5.98. The van der Waals surface area contributed by atoms with Crippen molar-refractivity contribution in [2.24, 2.45) is 0 Å². The Morgan fingerprint density at radius 1 is 1.14 bits per heavy atom. The minimum absolute atomic E-state index is 0.194. The van der Waals surface area contributed by atoms with E-state index in [1.807, 2.05) is 32.9 Å². The molecular formula is C15H16F3NOS. The van der Waals surface area contributed by atoms with E-state index in [0.717, 1.165) is 11.8 Å². The molecule has 6 heteroatoms. The average Bonchev–Trinajstić information content (AvgIpc) is 2.86. The quantitative estimate of drug-likeness (QED) is 0.882. The van der Waals surface area contributed by atoms with Crippen LogP contribution in [0.15, 0.2) is 30.5 Å². The van der Waals surface area contributed by atoms with Crippen LogP contribution in [0.3, 0.4) is 0 Å². The van der Waals surface area contributed by atoms with Gasteiger partial charge in [-0.25, -0.2) is 4.98 Å². The fourth-order valence-electron chi connectivity index (χ4n) is 2.12. The van der Waals surface area contributed by atoms with Crippen LogP contribution >= 0.6 is 11.3 Å². The van der Waals surface area contributed by atoms with Gasteiger partial charge in [-0.05, 0) is 16.5 Å². The number of halogens is 3. The molecule has 0 saturated heterocycles. The van der Waals surface area contributed by atoms with Crippen LogP contribution in [0.5, 0.6) is 0 Å². The molecule has 21 heavy (non-hydrogen) atoms. The van der Waals surface area contributed by atoms with Crippen molar-refractivity contribution in [3.8, 4) is 0 Å². The van der Waals surface area contributed by atoms with E-state index in [9.17, 15) is 18.3 Å². The molecule has 1 heterocycles. The van der Waals surface area contributed by atoms with E-state index in [2.05, 4.69) is 4.98 Å². The number of thiazole rings is 1. The minimum Gasteiger partial charge on any atom is -0.383 e. The molecule has 0 aliphatic carbocycles. The first-order chi connectivity index (χ1) is 9.60. The first-order valence-corrected chi connectivity index (χ1v) is 7.23. The van der Waals surface area contributed by atoms with Crippen molar-refractivity contribution >= 4 is 11.3 Å². The van der Waals surface area contributed by atoms with Crippen molar-refractivity contribution < 1.29 is 18.3 Å². The van der Waals surface area contributed by atoms with Crippen molar-refractivity contribution in [2.75, 3.05) is 0 Å². The van der Waals surface area contributed by atoms with Gasteiger partial charge in [-0.15, -0.1) is 11.3 Å². The van der Waals surface area contributed by atoms with Crippen molar-refractivity contribution in [3.63, 3.8) is 0 Å². The summed E-state index contributed by atoms with van der Waals surface area (Å²) in [5.74, 6) is 0. The second kappa shape index (κ2) is 5.42. The summed E-state index contributed by atoms with van der Waals surface area (Å²) in [6.07, 6.45) is -4.49. The fraction of sp³-hybridized carbons (Fsp3) is 0.400. The highest BCUT2D eigenvalue weighted by Crippen LogP contribution is 2.38. The first kappa shape index (κ1) is 16.0. The lowest BCUT2D eigenvalue weighted by molar-refractivity contribution is -0.137. The molecule has 0 aliphatic rings. The van der Waals surface area contributed by atoms with E-state index in [1.165, 1.54) is 0 Å². The number of nitrogens with zero attached hydrogens (tertiary/aromatic N) is 1. The lowest BCUT2D eigenvalue weighted by atomic mass is 9.82. The molecular weight excluding hydrogens is 299 g/mol. The number of aliphatic hydroxyl groups is 1. The van der Waals surface area contributed by atoms with E-state index in [1.54, 1.807) is 12.1 Å². The molecule has 0 saturated carbocycles. The molecule has 0 radical (unpaired) electrons. The summed E-state index contributed by atoms with van der Waals surface area (Å²) < 4.78 is 37.8. The van der Waals surface area contributed by atoms with Crippen LogP contribution in [0.1, 0.15) is 47.9 Å². The van der Waals surface area contributed by atoms with E-state index in [0.29, 0.717) is 16.9 Å². The molecule has 0 fully saturated rings. The first-order valence-electron chi connectivity index (χ1n) is 6.41. The Morgan fingerprint density at radius 3 is 2.29 bits per heavy atom. The number of hydrogen-bond donors (Lipinski definition) is 1. The predicted molar refractivity (Wildman–Crippen MR) is 76.3 cm³/mol. The molecule has 0 amide bonds. The number of aliphatic hydroxyl groups excluding tert-OH is 1. The largest absolute Gasteiger partial charge is 0.443 e. The molecule has 0 spiro atoms. The predicted octanol–water partition coefficient (Wildman–Crippen LogP) is 4.54. The summed E-state index contributed by atoms with van der Waals surface area (Å²) in [6, 6.07) is 7.23. The zero-order chi connectivity index (χ0) is 15.8. The van der Waals surface area contributed by atoms with Gasteiger partial charge in [-0.1, -0.05) is 45.0 Å². The second-order valence-electron chi connectivity index (χ2n) is 5.81. The number of benzene rings is 1. The summed E-state index contributed by atoms with van der Waals surface area (Å²) in [7, 11) is 0. The summed E-state index contributed by atoms with van der Waals surface area (Å²) in [5, 5.41) is 9.48. The van der Waals surface area contributed by atoms with Crippen molar-refractivity contribution in [1.29, 1.82) is 0 Å². The maximum atomic E-state index is 12.6. The van der Waals surface area contributed by atoms with Gasteiger partial charge in [-0.2, -0.15) is 13.2 Å². The topological polar surface area (TPSA) is 33.1 Å². The van der Waals surface area contributed by atoms with Crippen LogP contribution in [0.25, 0.3) is 0 Å². The van der Waals surface area contributed by atoms with Gasteiger partial charge in [0.05, 0.1) is 4.88 Å². The maximum absolute atomic E-state index is 12.6. The molecule has 2 nitrogen and oxygen atoms in total. The van der Waals surface area contributed by atoms with E-state index in [-0.39, 0.29) is 10.3 Å². The van der Waals surface area contributed by atoms with Gasteiger partial charge < -0.3 is 5.11 Å². The third-order valence-electron chi connectivity index (χ3n) is 3.10. The van der Waals surface area contributed by atoms with Gasteiger partial charge in [0.25, 0.3) is 0 Å². The molecule has 2 rings (SSSR count). The maximum Gasteiger partial charge on any atom is 0.443 e. The van der Waals surface area contributed by atoms with Crippen LogP contribution in [-0.2, 0) is 11.6 Å². The molecule has 1 aromatic carbocycles. The van der Waals surface area contributed by atoms with Crippen molar-refractivity contribution in [2.45, 2.75) is 38.5 Å². The van der Waals surface area contributed by atoms with Gasteiger partial charge >= 0.3 is 6.18 Å². The SMILES string of the molecule is CC(C)(C)c1ccccc1C(O)c1cnc(C(F)(F)F)s1. The average molecular weight is 315 g/mol. The number of aromatic nitrogens is 1. The lowest BCUT2D eigenvalue weighted by Crippen LogP contribution is -2.16. The summed E-state index contributed by atoms with van der Waals surface area (Å²) >= 11 is 0.476. The van der Waals surface area contributed by atoms with Gasteiger partial charge in [0.2, 0.25) is 0 Å². The molecule has 1 atom stereocenters. The Morgan fingerprint density at radius 2 is 1.76 bits per heavy atom. The highest BCUT2D eigenvalue weighted by Gasteiger charge is 2.35. The third kappa shape index (κ3) is 3.44. The highest BCUT2D eigenvalue weighted by molar-refractivity contribution is 7.11. The van der Waals surface area contributed by atoms with Crippen LogP contribution < -0.4 is 0 Å². The summed E-state index contributed by atoms with van der Waals surface area (Å²) in [5.41, 5.74) is 1.30. The van der Waals surface area contributed by atoms with Crippen molar-refractivity contribution in [3.05, 3.63) is 51.5 Å². The molecule has 114 valence electrons. The zero-order valence-electron chi connectivity index (χ0n) is 11.9. The van der Waals surface area contributed by atoms with E-state index < -0.39 is 17.3 Å². The molecule has 0 aliphatic heterocycles. The molecule has 0 bridgehead atoms. The monoisotopic (exact) mass is 315 g/mol. The smallest absolute Gasteiger partial charge is 0.383 e. The Kier molecular flexibility index (Phi) is 4.13. The number of hydrogen-bond acceptors (Lipinski definition) is 3. The molecule has 1 aromatic heterocycles. The normalized spacial score (nSPS) is 14.2.